The lowest BCUT2D eigenvalue weighted by Gasteiger charge is -2.23. The van der Waals surface area contributed by atoms with Gasteiger partial charge < -0.3 is 10.1 Å². The number of alkyl carbamates (subject to hydrolysis) is 1. The molecule has 2 N–H and O–H groups in total. The van der Waals surface area contributed by atoms with E-state index in [2.05, 4.69) is 20.4 Å². The van der Waals surface area contributed by atoms with Crippen LogP contribution in [0.25, 0.3) is 0 Å². The average Bonchev–Trinajstić information content (AvgIpc) is 2.38. The number of amides is 1. The van der Waals surface area contributed by atoms with Gasteiger partial charge in [-0.2, -0.15) is 0 Å². The molecule has 1 unspecified atom stereocenters. The SMILES string of the molecule is COC(=O)NC1=NCC(c2cc(F)cc(F)c2)CN1. The van der Waals surface area contributed by atoms with Crippen LogP contribution >= 0.6 is 0 Å². The molecular weight excluding hydrogens is 256 g/mol. The largest absolute Gasteiger partial charge is 0.453 e. The summed E-state index contributed by atoms with van der Waals surface area (Å²) in [6, 6.07) is 3.39. The second-order valence-corrected chi connectivity index (χ2v) is 4.09. The molecule has 0 bridgehead atoms. The highest BCUT2D eigenvalue weighted by atomic mass is 19.1. The number of methoxy groups -OCH3 is 1. The number of nitrogens with zero attached hydrogens (tertiary/aromatic N) is 1. The lowest BCUT2D eigenvalue weighted by Crippen LogP contribution is -2.45. The van der Waals surface area contributed by atoms with E-state index in [9.17, 15) is 13.6 Å². The van der Waals surface area contributed by atoms with E-state index in [0.29, 0.717) is 24.6 Å². The molecule has 102 valence electrons. The first-order chi connectivity index (χ1) is 9.08. The molecular formula is C12H13F2N3O2. The third-order valence-electron chi connectivity index (χ3n) is 2.75. The first kappa shape index (κ1) is 13.3. The number of carbonyl (C=O) groups excluding carboxylic acids is 1. The molecule has 0 radical (unpaired) electrons. The van der Waals surface area contributed by atoms with Gasteiger partial charge in [0.2, 0.25) is 5.96 Å². The molecule has 1 atom stereocenters. The molecule has 0 fully saturated rings. The van der Waals surface area contributed by atoms with Crippen LogP contribution in [0.3, 0.4) is 0 Å². The van der Waals surface area contributed by atoms with Crippen LogP contribution in [0.2, 0.25) is 0 Å². The van der Waals surface area contributed by atoms with Crippen LogP contribution in [-0.4, -0.2) is 32.3 Å². The summed E-state index contributed by atoms with van der Waals surface area (Å²) in [7, 11) is 1.25. The van der Waals surface area contributed by atoms with E-state index in [-0.39, 0.29) is 5.92 Å². The molecule has 1 aromatic rings. The van der Waals surface area contributed by atoms with Gasteiger partial charge in [0.15, 0.2) is 0 Å². The zero-order chi connectivity index (χ0) is 13.8. The number of aliphatic imine (C=N–C) groups is 1. The third-order valence-corrected chi connectivity index (χ3v) is 2.75. The summed E-state index contributed by atoms with van der Waals surface area (Å²) in [5.41, 5.74) is 0.533. The van der Waals surface area contributed by atoms with E-state index >= 15 is 0 Å². The van der Waals surface area contributed by atoms with Crippen molar-refractivity contribution >= 4 is 12.1 Å². The topological polar surface area (TPSA) is 62.7 Å². The first-order valence-electron chi connectivity index (χ1n) is 5.68. The third kappa shape index (κ3) is 3.40. The molecule has 0 aliphatic carbocycles. The Kier molecular flexibility index (Phi) is 3.94. The Bertz CT molecular complexity index is 499. The monoisotopic (exact) mass is 269 g/mol. The summed E-state index contributed by atoms with van der Waals surface area (Å²) in [5.74, 6) is -1.08. The number of guanidine groups is 1. The van der Waals surface area contributed by atoms with E-state index < -0.39 is 17.7 Å². The van der Waals surface area contributed by atoms with Crippen LogP contribution in [0, 0.1) is 11.6 Å². The molecule has 0 spiro atoms. The molecule has 0 saturated carbocycles. The lowest BCUT2D eigenvalue weighted by molar-refractivity contribution is 0.176. The fourth-order valence-corrected chi connectivity index (χ4v) is 1.81. The number of rotatable bonds is 1. The number of ether oxygens (including phenoxy) is 1. The van der Waals surface area contributed by atoms with Gasteiger partial charge in [-0.3, -0.25) is 10.3 Å². The van der Waals surface area contributed by atoms with Gasteiger partial charge >= 0.3 is 6.09 Å². The van der Waals surface area contributed by atoms with Crippen LogP contribution in [-0.2, 0) is 4.74 Å². The molecule has 19 heavy (non-hydrogen) atoms. The summed E-state index contributed by atoms with van der Waals surface area (Å²) in [6.45, 7) is 0.751. The van der Waals surface area contributed by atoms with E-state index in [0.717, 1.165) is 6.07 Å². The number of halogens is 2. The Morgan fingerprint density at radius 1 is 1.42 bits per heavy atom. The predicted octanol–water partition coefficient (Wildman–Crippen LogP) is 1.36. The normalized spacial score (nSPS) is 18.3. The Hall–Kier alpha value is -2.18. The minimum Gasteiger partial charge on any atom is -0.453 e. The zero-order valence-electron chi connectivity index (χ0n) is 10.2. The molecule has 2 rings (SSSR count). The van der Waals surface area contributed by atoms with Gasteiger partial charge in [-0.15, -0.1) is 0 Å². The fourth-order valence-electron chi connectivity index (χ4n) is 1.81. The van der Waals surface area contributed by atoms with Gasteiger partial charge in [0.25, 0.3) is 0 Å². The molecule has 1 aliphatic heterocycles. The van der Waals surface area contributed by atoms with Crippen molar-refractivity contribution in [3.63, 3.8) is 0 Å². The van der Waals surface area contributed by atoms with Crippen molar-refractivity contribution in [1.29, 1.82) is 0 Å². The molecule has 0 saturated heterocycles. The lowest BCUT2D eigenvalue weighted by atomic mass is 9.98. The fraction of sp³-hybridized carbons (Fsp3) is 0.333. The van der Waals surface area contributed by atoms with Crippen molar-refractivity contribution in [2.75, 3.05) is 20.2 Å². The van der Waals surface area contributed by atoms with Crippen molar-refractivity contribution in [2.24, 2.45) is 4.99 Å². The van der Waals surface area contributed by atoms with Gasteiger partial charge in [0.05, 0.1) is 13.7 Å². The number of nitrogens with one attached hydrogen (secondary N) is 2. The highest BCUT2D eigenvalue weighted by Crippen LogP contribution is 2.20. The van der Waals surface area contributed by atoms with E-state index in [1.807, 2.05) is 0 Å². The molecule has 7 heteroatoms. The second-order valence-electron chi connectivity index (χ2n) is 4.09. The highest BCUT2D eigenvalue weighted by Gasteiger charge is 2.19. The Morgan fingerprint density at radius 3 is 2.63 bits per heavy atom. The quantitative estimate of drug-likeness (QED) is 0.809. The van der Waals surface area contributed by atoms with Crippen LogP contribution in [0.5, 0.6) is 0 Å². The Morgan fingerprint density at radius 2 is 2.11 bits per heavy atom. The minimum atomic E-state index is -0.624. The van der Waals surface area contributed by atoms with Crippen molar-refractivity contribution in [1.82, 2.24) is 10.6 Å². The van der Waals surface area contributed by atoms with Gasteiger partial charge in [0.1, 0.15) is 11.6 Å². The number of carbonyl (C=O) groups is 1. The van der Waals surface area contributed by atoms with Crippen LogP contribution < -0.4 is 10.6 Å². The maximum atomic E-state index is 13.1. The smallest absolute Gasteiger partial charge is 0.413 e. The van der Waals surface area contributed by atoms with E-state index in [4.69, 9.17) is 0 Å². The molecule has 1 heterocycles. The number of hydrogen-bond acceptors (Lipinski definition) is 4. The predicted molar refractivity (Wildman–Crippen MR) is 64.9 cm³/mol. The molecule has 5 nitrogen and oxygen atoms in total. The van der Waals surface area contributed by atoms with Crippen LogP contribution in [0.1, 0.15) is 11.5 Å². The molecule has 1 amide bonds. The average molecular weight is 269 g/mol. The Labute approximate surface area is 108 Å². The summed E-state index contributed by atoms with van der Waals surface area (Å²) in [4.78, 5) is 15.1. The maximum absolute atomic E-state index is 13.1. The van der Waals surface area contributed by atoms with Gasteiger partial charge in [-0.05, 0) is 17.7 Å². The van der Waals surface area contributed by atoms with Crippen molar-refractivity contribution in [3.05, 3.63) is 35.4 Å². The summed E-state index contributed by atoms with van der Waals surface area (Å²) >= 11 is 0. The van der Waals surface area contributed by atoms with Gasteiger partial charge in [0, 0.05) is 18.5 Å². The van der Waals surface area contributed by atoms with E-state index in [1.54, 1.807) is 0 Å². The van der Waals surface area contributed by atoms with Crippen molar-refractivity contribution in [3.8, 4) is 0 Å². The summed E-state index contributed by atoms with van der Waals surface area (Å²) < 4.78 is 30.6. The standard InChI is InChI=1S/C12H13F2N3O2/c1-19-12(18)17-11-15-5-8(6-16-11)7-2-9(13)4-10(14)3-7/h2-4,8H,5-6H2,1H3,(H2,15,16,17,18). The van der Waals surface area contributed by atoms with Gasteiger partial charge in [-0.25, -0.2) is 13.6 Å². The highest BCUT2D eigenvalue weighted by molar-refractivity contribution is 5.94. The molecule has 1 aliphatic rings. The molecule has 0 aromatic heterocycles. The summed E-state index contributed by atoms with van der Waals surface area (Å²) in [6.07, 6.45) is -0.624. The van der Waals surface area contributed by atoms with Gasteiger partial charge in [-0.1, -0.05) is 0 Å². The first-order valence-corrected chi connectivity index (χ1v) is 5.68. The summed E-state index contributed by atoms with van der Waals surface area (Å²) in [5, 5.41) is 5.26. The van der Waals surface area contributed by atoms with Crippen LogP contribution in [0.15, 0.2) is 23.2 Å². The maximum Gasteiger partial charge on any atom is 0.413 e. The van der Waals surface area contributed by atoms with Crippen molar-refractivity contribution < 1.29 is 18.3 Å². The number of hydrogen-bond donors (Lipinski definition) is 2. The zero-order valence-corrected chi connectivity index (χ0v) is 10.2. The van der Waals surface area contributed by atoms with E-state index in [1.165, 1.54) is 19.2 Å². The Balaban J connectivity index is 2.04. The number of benzene rings is 1. The van der Waals surface area contributed by atoms with Crippen molar-refractivity contribution in [2.45, 2.75) is 5.92 Å². The van der Waals surface area contributed by atoms with Crippen LogP contribution in [0.4, 0.5) is 13.6 Å². The minimum absolute atomic E-state index is 0.145. The molecule has 1 aromatic carbocycles. The second kappa shape index (κ2) is 5.64.